The van der Waals surface area contributed by atoms with E-state index in [0.717, 1.165) is 59.3 Å². The number of carbonyl (C=O) groups excluding carboxylic acids is 2. The average molecular weight is 1000 g/mol. The number of esters is 2. The van der Waals surface area contributed by atoms with E-state index in [4.69, 9.17) is 61.6 Å². The maximum Gasteiger partial charge on any atom is 0.384 e. The highest BCUT2D eigenvalue weighted by Gasteiger charge is 2.44. The Kier molecular flexibility index (Phi) is 18.5. The van der Waals surface area contributed by atoms with Crippen molar-refractivity contribution >= 4 is 11.9 Å². The van der Waals surface area contributed by atoms with Crippen molar-refractivity contribution in [3.63, 3.8) is 0 Å². The van der Waals surface area contributed by atoms with E-state index in [9.17, 15) is 9.59 Å². The SMILES string of the molecule is COc1ccc(CC2c3c(cc(OC)c(OC)c3OC)CC[N+]2(C)CCCOC(=O)C#CC(=O)OCCC[N+]2(C)CCc3cc(OC)c(OC)c(OC)c3C2Cc2cc(OC)c(OC)c(OC)c2)cc1OC. The zero-order valence-corrected chi connectivity index (χ0v) is 44.2. The second-order valence-corrected chi connectivity index (χ2v) is 18.2. The van der Waals surface area contributed by atoms with Crippen molar-refractivity contribution in [2.24, 2.45) is 0 Å². The Bertz CT molecular complexity index is 2600. The standard InChI is InChI=1S/C55H72N2O15/c1-56(24-20-37-33-45(64-7)52(67-10)54(69-12)49(37)39(56)28-35-16-17-41(60-3)42(30-35)61-4)22-14-26-71-47(58)18-19-48(59)72-27-15-23-57(2)25-21-38-34-46(65-8)53(68-11)55(70-13)50(38)40(57)29-36-31-43(62-5)51(66-9)44(32-36)63-6/h16-17,30-34,39-40H,14-15,20-29H2,1-13H3/q+2. The van der Waals surface area contributed by atoms with Gasteiger partial charge >= 0.3 is 11.9 Å². The third-order valence-electron chi connectivity index (χ3n) is 14.3. The first-order valence-electron chi connectivity index (χ1n) is 23.9. The number of carbonyl (C=O) groups is 2. The van der Waals surface area contributed by atoms with Crippen LogP contribution in [0, 0.1) is 11.8 Å². The molecule has 2 heterocycles. The Labute approximate surface area is 424 Å². The number of benzene rings is 4. The van der Waals surface area contributed by atoms with Crippen LogP contribution in [-0.4, -0.2) is 153 Å². The van der Waals surface area contributed by atoms with Gasteiger partial charge in [-0.1, -0.05) is 6.07 Å². The molecule has 2 aliphatic heterocycles. The molecule has 0 bridgehead atoms. The molecule has 4 aromatic carbocycles. The van der Waals surface area contributed by atoms with Crippen LogP contribution in [-0.2, 0) is 44.7 Å². The molecule has 0 spiro atoms. The number of methoxy groups -OCH3 is 11. The molecule has 17 heteroatoms. The molecule has 0 saturated heterocycles. The summed E-state index contributed by atoms with van der Waals surface area (Å²) in [4.78, 5) is 25.8. The van der Waals surface area contributed by atoms with Crippen molar-refractivity contribution in [3.05, 3.63) is 75.8 Å². The predicted molar refractivity (Wildman–Crippen MR) is 269 cm³/mol. The Balaban J connectivity index is 1.10. The van der Waals surface area contributed by atoms with Gasteiger partial charge in [0.2, 0.25) is 17.2 Å². The fraction of sp³-hybridized carbons (Fsp3) is 0.491. The molecule has 4 atom stereocenters. The van der Waals surface area contributed by atoms with E-state index in [1.165, 1.54) is 0 Å². The highest BCUT2D eigenvalue weighted by molar-refractivity contribution is 5.98. The molecule has 4 unspecified atom stereocenters. The van der Waals surface area contributed by atoms with Gasteiger partial charge in [0.25, 0.3) is 0 Å². The number of rotatable bonds is 23. The van der Waals surface area contributed by atoms with Gasteiger partial charge in [-0.2, -0.15) is 0 Å². The van der Waals surface area contributed by atoms with Crippen LogP contribution in [0.5, 0.6) is 63.2 Å². The van der Waals surface area contributed by atoms with Crippen molar-refractivity contribution in [2.45, 2.75) is 50.6 Å². The number of quaternary nitrogens is 2. The third kappa shape index (κ3) is 11.6. The molecule has 390 valence electrons. The van der Waals surface area contributed by atoms with E-state index in [1.54, 1.807) is 78.2 Å². The number of ether oxygens (including phenoxy) is 13. The minimum absolute atomic E-state index is 0.0785. The maximum absolute atomic E-state index is 12.9. The molecular formula is C55H72N2O15+2. The zero-order valence-electron chi connectivity index (χ0n) is 44.2. The van der Waals surface area contributed by atoms with Crippen LogP contribution in [0.3, 0.4) is 0 Å². The first-order chi connectivity index (χ1) is 34.7. The van der Waals surface area contributed by atoms with Gasteiger partial charge in [-0.3, -0.25) is 0 Å². The van der Waals surface area contributed by atoms with Gasteiger partial charge in [0, 0.05) is 50.4 Å². The molecule has 6 rings (SSSR count). The molecule has 0 N–H and O–H groups in total. The van der Waals surface area contributed by atoms with Crippen LogP contribution in [0.2, 0.25) is 0 Å². The molecule has 0 aliphatic carbocycles. The van der Waals surface area contributed by atoms with Crippen LogP contribution in [0.25, 0.3) is 0 Å². The summed E-state index contributed by atoms with van der Waals surface area (Å²) in [7, 11) is 22.1. The summed E-state index contributed by atoms with van der Waals surface area (Å²) in [5.41, 5.74) is 6.27. The molecule has 0 aromatic heterocycles. The molecular weight excluding hydrogens is 929 g/mol. The van der Waals surface area contributed by atoms with Crippen molar-refractivity contribution in [3.8, 4) is 75.1 Å². The summed E-state index contributed by atoms with van der Waals surface area (Å²) < 4.78 is 75.7. The molecule has 0 fully saturated rings. The zero-order chi connectivity index (χ0) is 52.2. The topological polar surface area (TPSA) is 154 Å². The number of hydrogen-bond donors (Lipinski definition) is 0. The van der Waals surface area contributed by atoms with Gasteiger partial charge in [0.1, 0.15) is 12.1 Å². The lowest BCUT2D eigenvalue weighted by Crippen LogP contribution is -2.53. The second-order valence-electron chi connectivity index (χ2n) is 18.2. The van der Waals surface area contributed by atoms with E-state index in [0.29, 0.717) is 111 Å². The van der Waals surface area contributed by atoms with Crippen molar-refractivity contribution in [1.82, 2.24) is 0 Å². The Morgan fingerprint density at radius 3 is 1.22 bits per heavy atom. The highest BCUT2D eigenvalue weighted by Crippen LogP contribution is 2.52. The molecule has 0 amide bonds. The van der Waals surface area contributed by atoms with Gasteiger partial charge < -0.3 is 70.5 Å². The van der Waals surface area contributed by atoms with E-state index in [2.05, 4.69) is 25.9 Å². The van der Waals surface area contributed by atoms with E-state index in [-0.39, 0.29) is 25.3 Å². The third-order valence-corrected chi connectivity index (χ3v) is 14.3. The fourth-order valence-electron chi connectivity index (χ4n) is 10.5. The molecule has 0 saturated carbocycles. The molecule has 4 aromatic rings. The largest absolute Gasteiger partial charge is 0.493 e. The summed E-state index contributed by atoms with van der Waals surface area (Å²) in [6, 6.07) is 13.7. The van der Waals surface area contributed by atoms with Crippen molar-refractivity contribution < 1.29 is 80.1 Å². The predicted octanol–water partition coefficient (Wildman–Crippen LogP) is 6.92. The summed E-state index contributed by atoms with van der Waals surface area (Å²) in [5, 5.41) is 0. The number of nitrogens with zero attached hydrogens (tertiary/aromatic N) is 2. The lowest BCUT2D eigenvalue weighted by atomic mass is 9.85. The van der Waals surface area contributed by atoms with Crippen LogP contribution in [0.4, 0.5) is 0 Å². The number of fused-ring (bicyclic) bond motifs is 2. The summed E-state index contributed by atoms with van der Waals surface area (Å²) in [5.74, 6) is 9.39. The van der Waals surface area contributed by atoms with Crippen LogP contribution < -0.4 is 52.1 Å². The average Bonchev–Trinajstić information content (AvgIpc) is 3.40. The molecule has 0 radical (unpaired) electrons. The molecule has 2 aliphatic rings. The smallest absolute Gasteiger partial charge is 0.384 e. The lowest BCUT2D eigenvalue weighted by Gasteiger charge is -2.46. The van der Waals surface area contributed by atoms with Crippen LogP contribution in [0.1, 0.15) is 58.3 Å². The second kappa shape index (κ2) is 24.5. The summed E-state index contributed by atoms with van der Waals surface area (Å²) in [6.07, 6.45) is 3.78. The Hall–Kier alpha value is -6.90. The van der Waals surface area contributed by atoms with Gasteiger partial charge in [0.15, 0.2) is 46.0 Å². The summed E-state index contributed by atoms with van der Waals surface area (Å²) >= 11 is 0. The number of hydrogen-bond acceptors (Lipinski definition) is 15. The molecule has 72 heavy (non-hydrogen) atoms. The normalized spacial score (nSPS) is 18.7. The van der Waals surface area contributed by atoms with E-state index in [1.807, 2.05) is 42.5 Å². The van der Waals surface area contributed by atoms with Crippen LogP contribution >= 0.6 is 0 Å². The Morgan fingerprint density at radius 1 is 0.458 bits per heavy atom. The van der Waals surface area contributed by atoms with Crippen molar-refractivity contribution in [1.29, 1.82) is 0 Å². The van der Waals surface area contributed by atoms with Gasteiger partial charge in [-0.25, -0.2) is 9.59 Å². The Morgan fingerprint density at radius 2 is 0.833 bits per heavy atom. The van der Waals surface area contributed by atoms with Crippen LogP contribution in [0.15, 0.2) is 42.5 Å². The van der Waals surface area contributed by atoms with E-state index >= 15 is 0 Å². The quantitative estimate of drug-likeness (QED) is 0.0248. The fourth-order valence-corrected chi connectivity index (χ4v) is 10.5. The minimum Gasteiger partial charge on any atom is -0.493 e. The van der Waals surface area contributed by atoms with Gasteiger partial charge in [0.05, 0.1) is 143 Å². The first-order valence-corrected chi connectivity index (χ1v) is 23.9. The summed E-state index contributed by atoms with van der Waals surface area (Å²) in [6.45, 7) is 3.09. The maximum atomic E-state index is 12.9. The first kappa shape index (κ1) is 54.4. The minimum atomic E-state index is -0.810. The van der Waals surface area contributed by atoms with Gasteiger partial charge in [-0.15, -0.1) is 0 Å². The van der Waals surface area contributed by atoms with Gasteiger partial charge in [-0.05, 0) is 58.7 Å². The van der Waals surface area contributed by atoms with Crippen molar-refractivity contribution in [2.75, 3.05) is 132 Å². The number of likely N-dealkylation sites (N-methyl/N-ethyl adjacent to an activating group) is 2. The lowest BCUT2D eigenvalue weighted by molar-refractivity contribution is -0.941. The highest BCUT2D eigenvalue weighted by atomic mass is 16.6. The molecule has 17 nitrogen and oxygen atoms in total. The monoisotopic (exact) mass is 1000 g/mol. The van der Waals surface area contributed by atoms with E-state index < -0.39 is 11.9 Å².